The molecule has 0 spiro atoms. The zero-order valence-electron chi connectivity index (χ0n) is 14.9. The van der Waals surface area contributed by atoms with Gasteiger partial charge in [0.2, 0.25) is 0 Å². The summed E-state index contributed by atoms with van der Waals surface area (Å²) in [6.45, 7) is 0. The Hall–Kier alpha value is -3.66. The van der Waals surface area contributed by atoms with Gasteiger partial charge in [0.1, 0.15) is 5.75 Å². The molecule has 3 aromatic carbocycles. The fourth-order valence-corrected chi connectivity index (χ4v) is 2.49. The van der Waals surface area contributed by atoms with E-state index in [2.05, 4.69) is 5.32 Å². The van der Waals surface area contributed by atoms with E-state index in [1.807, 2.05) is 42.5 Å². The topological polar surface area (TPSA) is 55.4 Å². The zero-order chi connectivity index (χ0) is 19.1. The average Bonchev–Trinajstić information content (AvgIpc) is 2.73. The van der Waals surface area contributed by atoms with Crippen LogP contribution in [-0.2, 0) is 0 Å². The highest BCUT2D eigenvalue weighted by atomic mass is 16.5. The zero-order valence-corrected chi connectivity index (χ0v) is 14.9. The summed E-state index contributed by atoms with van der Waals surface area (Å²) in [6.07, 6.45) is 3.28. The van der Waals surface area contributed by atoms with Crippen molar-refractivity contribution in [3.63, 3.8) is 0 Å². The lowest BCUT2D eigenvalue weighted by molar-refractivity contribution is 0.102. The molecule has 0 saturated carbocycles. The standard InChI is InChI=1S/C23H19NO3/c1-27-21-14-7-17(8-15-21)9-16-22(25)18-10-12-20(13-11-18)24-23(26)19-5-3-2-4-6-19/h2-16H,1H3,(H,24,26)/b16-9+. The minimum atomic E-state index is -0.186. The van der Waals surface area contributed by atoms with E-state index in [4.69, 9.17) is 4.74 Å². The normalized spacial score (nSPS) is 10.6. The first-order valence-electron chi connectivity index (χ1n) is 8.48. The molecular weight excluding hydrogens is 338 g/mol. The van der Waals surface area contributed by atoms with E-state index in [9.17, 15) is 9.59 Å². The van der Waals surface area contributed by atoms with Crippen LogP contribution >= 0.6 is 0 Å². The molecule has 3 rings (SSSR count). The lowest BCUT2D eigenvalue weighted by atomic mass is 10.1. The Labute approximate surface area is 158 Å². The average molecular weight is 357 g/mol. The van der Waals surface area contributed by atoms with E-state index < -0.39 is 0 Å². The van der Waals surface area contributed by atoms with Crippen LogP contribution in [0.15, 0.2) is 84.9 Å². The molecule has 0 radical (unpaired) electrons. The number of rotatable bonds is 6. The fraction of sp³-hybridized carbons (Fsp3) is 0.0435. The van der Waals surface area contributed by atoms with Gasteiger partial charge in [-0.1, -0.05) is 36.4 Å². The Bertz CT molecular complexity index is 943. The molecule has 0 aromatic heterocycles. The monoisotopic (exact) mass is 357 g/mol. The lowest BCUT2D eigenvalue weighted by Crippen LogP contribution is -2.11. The molecule has 0 heterocycles. The van der Waals surface area contributed by atoms with Crippen molar-refractivity contribution in [1.29, 1.82) is 0 Å². The second kappa shape index (κ2) is 8.63. The van der Waals surface area contributed by atoms with Crippen molar-refractivity contribution in [3.8, 4) is 5.75 Å². The Balaban J connectivity index is 1.63. The summed E-state index contributed by atoms with van der Waals surface area (Å²) in [5.41, 5.74) is 2.69. The summed E-state index contributed by atoms with van der Waals surface area (Å²) in [6, 6.07) is 23.2. The molecule has 0 fully saturated rings. The molecule has 0 saturated heterocycles. The van der Waals surface area contributed by atoms with Crippen molar-refractivity contribution in [2.24, 2.45) is 0 Å². The maximum absolute atomic E-state index is 12.3. The number of carbonyl (C=O) groups is 2. The van der Waals surface area contributed by atoms with Crippen LogP contribution in [0.5, 0.6) is 5.75 Å². The molecule has 0 aliphatic heterocycles. The highest BCUT2D eigenvalue weighted by Crippen LogP contribution is 2.15. The quantitative estimate of drug-likeness (QED) is 0.507. The minimum Gasteiger partial charge on any atom is -0.497 e. The first-order chi connectivity index (χ1) is 13.2. The van der Waals surface area contributed by atoms with E-state index in [1.165, 1.54) is 6.08 Å². The number of hydrogen-bond donors (Lipinski definition) is 1. The van der Waals surface area contributed by atoms with Crippen LogP contribution in [0, 0.1) is 0 Å². The van der Waals surface area contributed by atoms with Gasteiger partial charge in [0.15, 0.2) is 5.78 Å². The van der Waals surface area contributed by atoms with Gasteiger partial charge >= 0.3 is 0 Å². The molecule has 4 nitrogen and oxygen atoms in total. The SMILES string of the molecule is COc1ccc(/C=C/C(=O)c2ccc(NC(=O)c3ccccc3)cc2)cc1. The van der Waals surface area contributed by atoms with Crippen LogP contribution in [0.3, 0.4) is 0 Å². The van der Waals surface area contributed by atoms with Crippen LogP contribution < -0.4 is 10.1 Å². The van der Waals surface area contributed by atoms with Gasteiger partial charge in [0, 0.05) is 16.8 Å². The molecule has 1 N–H and O–H groups in total. The predicted octanol–water partition coefficient (Wildman–Crippen LogP) is 4.84. The summed E-state index contributed by atoms with van der Waals surface area (Å²) >= 11 is 0. The van der Waals surface area contributed by atoms with Crippen LogP contribution in [0.2, 0.25) is 0 Å². The molecule has 134 valence electrons. The van der Waals surface area contributed by atoms with Crippen molar-refractivity contribution in [2.45, 2.75) is 0 Å². The van der Waals surface area contributed by atoms with Crippen LogP contribution in [0.25, 0.3) is 6.08 Å². The summed E-state index contributed by atoms with van der Waals surface area (Å²) in [5.74, 6) is 0.479. The van der Waals surface area contributed by atoms with E-state index in [0.29, 0.717) is 16.8 Å². The van der Waals surface area contributed by atoms with Crippen molar-refractivity contribution in [3.05, 3.63) is 102 Å². The molecule has 4 heteroatoms. The largest absolute Gasteiger partial charge is 0.497 e. The number of benzene rings is 3. The number of methoxy groups -OCH3 is 1. The van der Waals surface area contributed by atoms with Gasteiger partial charge in [-0.15, -0.1) is 0 Å². The summed E-state index contributed by atoms with van der Waals surface area (Å²) in [5, 5.41) is 2.81. The Morgan fingerprint density at radius 3 is 2.11 bits per heavy atom. The predicted molar refractivity (Wildman–Crippen MR) is 107 cm³/mol. The molecule has 1 amide bonds. The molecular formula is C23H19NO3. The van der Waals surface area contributed by atoms with E-state index in [-0.39, 0.29) is 11.7 Å². The van der Waals surface area contributed by atoms with Crippen LogP contribution in [0.4, 0.5) is 5.69 Å². The van der Waals surface area contributed by atoms with Crippen molar-refractivity contribution in [2.75, 3.05) is 12.4 Å². The number of amides is 1. The number of allylic oxidation sites excluding steroid dienone is 1. The Morgan fingerprint density at radius 2 is 1.48 bits per heavy atom. The van der Waals surface area contributed by atoms with E-state index in [1.54, 1.807) is 49.6 Å². The smallest absolute Gasteiger partial charge is 0.255 e. The molecule has 0 atom stereocenters. The maximum Gasteiger partial charge on any atom is 0.255 e. The van der Waals surface area contributed by atoms with E-state index >= 15 is 0 Å². The van der Waals surface area contributed by atoms with Gasteiger partial charge in [-0.05, 0) is 60.2 Å². The molecule has 0 aliphatic carbocycles. The number of ketones is 1. The highest BCUT2D eigenvalue weighted by molar-refractivity contribution is 6.07. The van der Waals surface area contributed by atoms with Crippen LogP contribution in [-0.4, -0.2) is 18.8 Å². The first-order valence-corrected chi connectivity index (χ1v) is 8.48. The Kier molecular flexibility index (Phi) is 5.80. The molecule has 3 aromatic rings. The summed E-state index contributed by atoms with van der Waals surface area (Å²) in [4.78, 5) is 24.4. The van der Waals surface area contributed by atoms with Gasteiger partial charge in [0.25, 0.3) is 5.91 Å². The van der Waals surface area contributed by atoms with Crippen molar-refractivity contribution >= 4 is 23.5 Å². The molecule has 0 aliphatic rings. The van der Waals surface area contributed by atoms with E-state index in [0.717, 1.165) is 11.3 Å². The van der Waals surface area contributed by atoms with Gasteiger partial charge in [-0.2, -0.15) is 0 Å². The van der Waals surface area contributed by atoms with Gasteiger partial charge in [-0.3, -0.25) is 9.59 Å². The third kappa shape index (κ3) is 4.92. The third-order valence-corrected chi connectivity index (χ3v) is 4.01. The highest BCUT2D eigenvalue weighted by Gasteiger charge is 2.06. The number of ether oxygens (including phenoxy) is 1. The summed E-state index contributed by atoms with van der Waals surface area (Å²) in [7, 11) is 1.61. The lowest BCUT2D eigenvalue weighted by Gasteiger charge is -2.05. The van der Waals surface area contributed by atoms with Gasteiger partial charge < -0.3 is 10.1 Å². The fourth-order valence-electron chi connectivity index (χ4n) is 2.49. The van der Waals surface area contributed by atoms with Gasteiger partial charge in [0.05, 0.1) is 7.11 Å². The molecule has 0 bridgehead atoms. The maximum atomic E-state index is 12.3. The van der Waals surface area contributed by atoms with Gasteiger partial charge in [-0.25, -0.2) is 0 Å². The Morgan fingerprint density at radius 1 is 0.815 bits per heavy atom. The van der Waals surface area contributed by atoms with Crippen molar-refractivity contribution < 1.29 is 14.3 Å². The number of nitrogens with one attached hydrogen (secondary N) is 1. The third-order valence-electron chi connectivity index (χ3n) is 4.01. The summed E-state index contributed by atoms with van der Waals surface area (Å²) < 4.78 is 5.11. The number of anilines is 1. The number of hydrogen-bond acceptors (Lipinski definition) is 3. The first kappa shape index (κ1) is 18.1. The minimum absolute atomic E-state index is 0.105. The van der Waals surface area contributed by atoms with Crippen molar-refractivity contribution in [1.82, 2.24) is 0 Å². The molecule has 0 unspecified atom stereocenters. The molecule has 27 heavy (non-hydrogen) atoms. The number of carbonyl (C=O) groups excluding carboxylic acids is 2. The van der Waals surface area contributed by atoms with Crippen LogP contribution in [0.1, 0.15) is 26.3 Å². The second-order valence-electron chi connectivity index (χ2n) is 5.87. The second-order valence-corrected chi connectivity index (χ2v) is 5.87.